The maximum Gasteiger partial charge on any atom is 0.227 e. The van der Waals surface area contributed by atoms with Crippen LogP contribution in [0.4, 0.5) is 5.69 Å². The lowest BCUT2D eigenvalue weighted by atomic mass is 10.1. The van der Waals surface area contributed by atoms with E-state index >= 15 is 0 Å². The molecule has 0 saturated carbocycles. The minimum atomic E-state index is 0.193. The molecule has 2 N–H and O–H groups in total. The molecule has 1 aliphatic heterocycles. The van der Waals surface area contributed by atoms with Gasteiger partial charge in [-0.3, -0.25) is 9.69 Å². The summed E-state index contributed by atoms with van der Waals surface area (Å²) in [7, 11) is 0. The summed E-state index contributed by atoms with van der Waals surface area (Å²) in [5, 5.41) is 3.23. The highest BCUT2D eigenvalue weighted by Gasteiger charge is 2.21. The van der Waals surface area contributed by atoms with Gasteiger partial charge in [0.2, 0.25) is 5.91 Å². The van der Waals surface area contributed by atoms with Crippen LogP contribution in [0.1, 0.15) is 16.3 Å². The predicted molar refractivity (Wildman–Crippen MR) is 93.3 cm³/mol. The lowest BCUT2D eigenvalue weighted by molar-refractivity contribution is -0.132. The van der Waals surface area contributed by atoms with Gasteiger partial charge in [-0.2, -0.15) is 0 Å². The highest BCUT2D eigenvalue weighted by Crippen LogP contribution is 2.13. The molecule has 1 aromatic heterocycles. The Kier molecular flexibility index (Phi) is 4.93. The van der Waals surface area contributed by atoms with E-state index in [0.717, 1.165) is 54.7 Å². The van der Waals surface area contributed by atoms with E-state index in [1.807, 2.05) is 36.1 Å². The third kappa shape index (κ3) is 4.30. The van der Waals surface area contributed by atoms with Crippen molar-refractivity contribution < 1.29 is 4.79 Å². The molecule has 1 fully saturated rings. The molecule has 0 atom stereocenters. The zero-order chi connectivity index (χ0) is 16.2. The maximum absolute atomic E-state index is 12.4. The molecule has 122 valence electrons. The molecule has 2 aromatic rings. The summed E-state index contributed by atoms with van der Waals surface area (Å²) in [5.41, 5.74) is 8.56. The molecular weight excluding hydrogens is 308 g/mol. The van der Waals surface area contributed by atoms with Gasteiger partial charge in [-0.05, 0) is 24.6 Å². The Morgan fingerprint density at radius 2 is 1.91 bits per heavy atom. The highest BCUT2D eigenvalue weighted by molar-refractivity contribution is 7.09. The fourth-order valence-electron chi connectivity index (χ4n) is 2.79. The van der Waals surface area contributed by atoms with Crippen molar-refractivity contribution in [3.63, 3.8) is 0 Å². The zero-order valence-corrected chi connectivity index (χ0v) is 14.2. The number of aryl methyl sites for hydroxylation is 1. The summed E-state index contributed by atoms with van der Waals surface area (Å²) in [6.45, 7) is 6.30. The topological polar surface area (TPSA) is 62.5 Å². The standard InChI is InChI=1S/C17H22N4OS/c1-13-19-16(12-23-13)11-20-6-8-21(9-7-20)17(22)10-14-2-4-15(18)5-3-14/h2-5,12H,6-11,18H2,1H3. The van der Waals surface area contributed by atoms with E-state index in [1.165, 1.54) is 0 Å². The summed E-state index contributed by atoms with van der Waals surface area (Å²) in [5.74, 6) is 0.193. The third-order valence-corrected chi connectivity index (χ3v) is 4.93. The molecule has 23 heavy (non-hydrogen) atoms. The molecule has 3 rings (SSSR count). The molecule has 2 heterocycles. The minimum absolute atomic E-state index is 0.193. The van der Waals surface area contributed by atoms with Gasteiger partial charge in [-0.25, -0.2) is 4.98 Å². The van der Waals surface area contributed by atoms with Crippen molar-refractivity contribution in [1.29, 1.82) is 0 Å². The van der Waals surface area contributed by atoms with Gasteiger partial charge in [0.05, 0.1) is 17.1 Å². The number of hydrogen-bond acceptors (Lipinski definition) is 5. The Balaban J connectivity index is 1.48. The summed E-state index contributed by atoms with van der Waals surface area (Å²) >= 11 is 1.69. The zero-order valence-electron chi connectivity index (χ0n) is 13.4. The van der Waals surface area contributed by atoms with Gasteiger partial charge >= 0.3 is 0 Å². The third-order valence-electron chi connectivity index (χ3n) is 4.11. The summed E-state index contributed by atoms with van der Waals surface area (Å²) in [6, 6.07) is 7.54. The molecule has 0 radical (unpaired) electrons. The Morgan fingerprint density at radius 1 is 1.22 bits per heavy atom. The molecule has 1 saturated heterocycles. The van der Waals surface area contributed by atoms with Gasteiger partial charge in [0.15, 0.2) is 0 Å². The van der Waals surface area contributed by atoms with E-state index in [-0.39, 0.29) is 5.91 Å². The van der Waals surface area contributed by atoms with Gasteiger partial charge in [-0.15, -0.1) is 11.3 Å². The number of rotatable bonds is 4. The quantitative estimate of drug-likeness (QED) is 0.870. The van der Waals surface area contributed by atoms with Crippen LogP contribution in [0.2, 0.25) is 0 Å². The molecule has 5 nitrogen and oxygen atoms in total. The Hall–Kier alpha value is -1.92. The molecule has 1 amide bonds. The molecule has 1 aromatic carbocycles. The maximum atomic E-state index is 12.4. The number of nitrogens with two attached hydrogens (primary N) is 1. The van der Waals surface area contributed by atoms with Gasteiger partial charge < -0.3 is 10.6 Å². The van der Waals surface area contributed by atoms with Gasteiger partial charge in [0.25, 0.3) is 0 Å². The van der Waals surface area contributed by atoms with Crippen molar-refractivity contribution in [2.24, 2.45) is 0 Å². The monoisotopic (exact) mass is 330 g/mol. The first-order chi connectivity index (χ1) is 11.1. The second-order valence-corrected chi connectivity index (χ2v) is 7.00. The fourth-order valence-corrected chi connectivity index (χ4v) is 3.39. The number of amides is 1. The summed E-state index contributed by atoms with van der Waals surface area (Å²) < 4.78 is 0. The number of anilines is 1. The Bertz CT molecular complexity index is 659. The number of nitrogen functional groups attached to an aromatic ring is 1. The summed E-state index contributed by atoms with van der Waals surface area (Å²) in [6.07, 6.45) is 0.450. The first-order valence-electron chi connectivity index (χ1n) is 7.86. The number of benzene rings is 1. The Morgan fingerprint density at radius 3 is 2.52 bits per heavy atom. The molecule has 6 heteroatoms. The molecule has 0 bridgehead atoms. The minimum Gasteiger partial charge on any atom is -0.399 e. The largest absolute Gasteiger partial charge is 0.399 e. The Labute approximate surface area is 140 Å². The second kappa shape index (κ2) is 7.10. The second-order valence-electron chi connectivity index (χ2n) is 5.93. The van der Waals surface area contributed by atoms with Crippen LogP contribution in [0.3, 0.4) is 0 Å². The number of aromatic nitrogens is 1. The number of carbonyl (C=O) groups excluding carboxylic acids is 1. The van der Waals surface area contributed by atoms with Crippen LogP contribution in [0, 0.1) is 6.92 Å². The first kappa shape index (κ1) is 16.0. The lowest BCUT2D eigenvalue weighted by Crippen LogP contribution is -2.48. The lowest BCUT2D eigenvalue weighted by Gasteiger charge is -2.34. The predicted octanol–water partition coefficient (Wildman–Crippen LogP) is 1.92. The van der Waals surface area contributed by atoms with Crippen molar-refractivity contribution in [3.8, 4) is 0 Å². The van der Waals surface area contributed by atoms with Crippen molar-refractivity contribution in [2.45, 2.75) is 19.9 Å². The van der Waals surface area contributed by atoms with Crippen LogP contribution in [0.5, 0.6) is 0 Å². The smallest absolute Gasteiger partial charge is 0.227 e. The van der Waals surface area contributed by atoms with E-state index in [1.54, 1.807) is 11.3 Å². The van der Waals surface area contributed by atoms with Crippen LogP contribution in [0.15, 0.2) is 29.6 Å². The molecular formula is C17H22N4OS. The van der Waals surface area contributed by atoms with E-state index in [0.29, 0.717) is 6.42 Å². The summed E-state index contributed by atoms with van der Waals surface area (Å²) in [4.78, 5) is 21.2. The molecule has 1 aliphatic rings. The van der Waals surface area contributed by atoms with Gasteiger partial charge in [0.1, 0.15) is 0 Å². The fraction of sp³-hybridized carbons (Fsp3) is 0.412. The van der Waals surface area contributed by atoms with E-state index in [4.69, 9.17) is 5.73 Å². The first-order valence-corrected chi connectivity index (χ1v) is 8.73. The van der Waals surface area contributed by atoms with E-state index < -0.39 is 0 Å². The number of hydrogen-bond donors (Lipinski definition) is 1. The van der Waals surface area contributed by atoms with Crippen molar-refractivity contribution in [2.75, 3.05) is 31.9 Å². The van der Waals surface area contributed by atoms with Crippen molar-refractivity contribution >= 4 is 22.9 Å². The van der Waals surface area contributed by atoms with E-state index in [2.05, 4.69) is 15.3 Å². The van der Waals surface area contributed by atoms with Gasteiger partial charge in [-0.1, -0.05) is 12.1 Å². The normalized spacial score (nSPS) is 15.8. The average molecular weight is 330 g/mol. The number of piperazine rings is 1. The number of thiazole rings is 1. The number of carbonyl (C=O) groups is 1. The number of nitrogens with zero attached hydrogens (tertiary/aromatic N) is 3. The van der Waals surface area contributed by atoms with Crippen LogP contribution >= 0.6 is 11.3 Å². The van der Waals surface area contributed by atoms with E-state index in [9.17, 15) is 4.79 Å². The SMILES string of the molecule is Cc1nc(CN2CCN(C(=O)Cc3ccc(N)cc3)CC2)cs1. The highest BCUT2D eigenvalue weighted by atomic mass is 32.1. The van der Waals surface area contributed by atoms with Crippen LogP contribution in [-0.4, -0.2) is 46.9 Å². The van der Waals surface area contributed by atoms with Crippen LogP contribution < -0.4 is 5.73 Å². The molecule has 0 aliphatic carbocycles. The average Bonchev–Trinajstić information content (AvgIpc) is 2.95. The van der Waals surface area contributed by atoms with Crippen LogP contribution in [0.25, 0.3) is 0 Å². The molecule has 0 spiro atoms. The van der Waals surface area contributed by atoms with Crippen molar-refractivity contribution in [3.05, 3.63) is 45.9 Å². The van der Waals surface area contributed by atoms with Crippen LogP contribution in [-0.2, 0) is 17.8 Å². The molecule has 0 unspecified atom stereocenters. The van der Waals surface area contributed by atoms with Crippen molar-refractivity contribution in [1.82, 2.24) is 14.8 Å². The van der Waals surface area contributed by atoms with Gasteiger partial charge in [0, 0.05) is 43.8 Å².